The molecular formula is C11H13FOS. The first-order valence-corrected chi connectivity index (χ1v) is 5.85. The van der Waals surface area contributed by atoms with Gasteiger partial charge in [-0.15, -0.1) is 0 Å². The van der Waals surface area contributed by atoms with Crippen LogP contribution in [0.3, 0.4) is 0 Å². The Bertz CT molecular complexity index is 342. The van der Waals surface area contributed by atoms with Crippen LogP contribution in [0, 0.1) is 11.7 Å². The lowest BCUT2D eigenvalue weighted by Gasteiger charge is -2.27. The van der Waals surface area contributed by atoms with Gasteiger partial charge in [0.2, 0.25) is 0 Å². The molecule has 0 amide bonds. The smallest absolute Gasteiger partial charge is 0.129 e. The second kappa shape index (κ2) is 3.55. The predicted octanol–water partition coefficient (Wildman–Crippen LogP) is 2.40. The van der Waals surface area contributed by atoms with Crippen molar-refractivity contribution in [2.24, 2.45) is 5.92 Å². The monoisotopic (exact) mass is 212 g/mol. The summed E-state index contributed by atoms with van der Waals surface area (Å²) in [5.74, 6) is 1.30. The van der Waals surface area contributed by atoms with Crippen LogP contribution in [-0.2, 0) is 5.60 Å². The second-order valence-electron chi connectivity index (χ2n) is 3.82. The van der Waals surface area contributed by atoms with Crippen LogP contribution < -0.4 is 0 Å². The third-order valence-corrected chi connectivity index (χ3v) is 4.23. The SMILES string of the molecule is C[C@H]1CSC[C@]1(O)c1ccccc1F. The standard InChI is InChI=1S/C11H13FOS/c1-8-6-14-7-11(8,13)9-4-2-3-5-10(9)12/h2-5,8,13H,6-7H2,1H3/t8-,11+/m0/s1. The highest BCUT2D eigenvalue weighted by Gasteiger charge is 2.41. The molecule has 1 aliphatic heterocycles. The molecule has 0 unspecified atom stereocenters. The van der Waals surface area contributed by atoms with Gasteiger partial charge in [-0.05, 0) is 17.7 Å². The molecule has 0 aromatic heterocycles. The highest BCUT2D eigenvalue weighted by atomic mass is 32.2. The third kappa shape index (κ3) is 1.44. The van der Waals surface area contributed by atoms with Crippen molar-refractivity contribution >= 4 is 11.8 Å². The first kappa shape index (κ1) is 9.99. The average Bonchev–Trinajstić information content (AvgIpc) is 2.49. The van der Waals surface area contributed by atoms with E-state index in [1.807, 2.05) is 6.92 Å². The molecule has 2 atom stereocenters. The zero-order chi connectivity index (χ0) is 10.2. The fourth-order valence-corrected chi connectivity index (χ4v) is 3.33. The zero-order valence-electron chi connectivity index (χ0n) is 8.03. The topological polar surface area (TPSA) is 20.2 Å². The largest absolute Gasteiger partial charge is 0.384 e. The van der Waals surface area contributed by atoms with E-state index in [0.29, 0.717) is 11.3 Å². The van der Waals surface area contributed by atoms with Crippen molar-refractivity contribution < 1.29 is 9.50 Å². The van der Waals surface area contributed by atoms with Crippen LogP contribution in [0.5, 0.6) is 0 Å². The van der Waals surface area contributed by atoms with Crippen molar-refractivity contribution in [3.63, 3.8) is 0 Å². The third-order valence-electron chi connectivity index (χ3n) is 2.85. The van der Waals surface area contributed by atoms with Gasteiger partial charge in [-0.2, -0.15) is 11.8 Å². The van der Waals surface area contributed by atoms with Crippen molar-refractivity contribution in [3.05, 3.63) is 35.6 Å². The molecule has 1 saturated heterocycles. The molecule has 0 saturated carbocycles. The summed E-state index contributed by atoms with van der Waals surface area (Å²) in [5.41, 5.74) is -0.534. The molecule has 1 heterocycles. The number of benzene rings is 1. The number of halogens is 1. The quantitative estimate of drug-likeness (QED) is 0.771. The van der Waals surface area contributed by atoms with E-state index in [9.17, 15) is 9.50 Å². The maximum Gasteiger partial charge on any atom is 0.129 e. The first-order chi connectivity index (χ1) is 6.64. The van der Waals surface area contributed by atoms with Gasteiger partial charge in [0.25, 0.3) is 0 Å². The van der Waals surface area contributed by atoms with Crippen LogP contribution in [0.15, 0.2) is 24.3 Å². The van der Waals surface area contributed by atoms with Crippen molar-refractivity contribution in [3.8, 4) is 0 Å². The highest BCUT2D eigenvalue weighted by molar-refractivity contribution is 7.99. The van der Waals surface area contributed by atoms with E-state index < -0.39 is 5.60 Å². The lowest BCUT2D eigenvalue weighted by molar-refractivity contribution is 0.0200. The van der Waals surface area contributed by atoms with E-state index in [2.05, 4.69) is 0 Å². The minimum atomic E-state index is -0.976. The lowest BCUT2D eigenvalue weighted by Crippen LogP contribution is -2.33. The van der Waals surface area contributed by atoms with Gasteiger partial charge < -0.3 is 5.11 Å². The Morgan fingerprint density at radius 2 is 2.21 bits per heavy atom. The molecule has 1 nitrogen and oxygen atoms in total. The molecule has 0 aliphatic carbocycles. The Hall–Kier alpha value is -0.540. The Labute approximate surface area is 87.3 Å². The van der Waals surface area contributed by atoms with E-state index in [-0.39, 0.29) is 11.7 Å². The maximum atomic E-state index is 13.5. The Kier molecular flexibility index (Phi) is 2.54. The summed E-state index contributed by atoms with van der Waals surface area (Å²) in [6.07, 6.45) is 0. The molecule has 14 heavy (non-hydrogen) atoms. The lowest BCUT2D eigenvalue weighted by atomic mass is 9.85. The molecule has 1 aromatic carbocycles. The number of hydrogen-bond acceptors (Lipinski definition) is 2. The van der Waals surface area contributed by atoms with Crippen molar-refractivity contribution in [1.82, 2.24) is 0 Å². The normalized spacial score (nSPS) is 32.1. The summed E-state index contributed by atoms with van der Waals surface area (Å²) >= 11 is 1.68. The Balaban J connectivity index is 2.43. The molecule has 3 heteroatoms. The fraction of sp³-hybridized carbons (Fsp3) is 0.455. The summed E-state index contributed by atoms with van der Waals surface area (Å²) in [4.78, 5) is 0. The Morgan fingerprint density at radius 3 is 2.79 bits per heavy atom. The minimum Gasteiger partial charge on any atom is -0.384 e. The van der Waals surface area contributed by atoms with E-state index in [4.69, 9.17) is 0 Å². The molecule has 1 aromatic rings. The first-order valence-electron chi connectivity index (χ1n) is 4.70. The van der Waals surface area contributed by atoms with Crippen molar-refractivity contribution in [2.75, 3.05) is 11.5 Å². The summed E-state index contributed by atoms with van der Waals surface area (Å²) in [7, 11) is 0. The van der Waals surface area contributed by atoms with Gasteiger partial charge in [-0.25, -0.2) is 4.39 Å². The molecule has 76 valence electrons. The van der Waals surface area contributed by atoms with Crippen molar-refractivity contribution in [2.45, 2.75) is 12.5 Å². The maximum absolute atomic E-state index is 13.5. The second-order valence-corrected chi connectivity index (χ2v) is 4.85. The minimum absolute atomic E-state index is 0.115. The summed E-state index contributed by atoms with van der Waals surface area (Å²) in [6, 6.07) is 6.50. The van der Waals surface area contributed by atoms with Gasteiger partial charge in [0.1, 0.15) is 11.4 Å². The van der Waals surface area contributed by atoms with Crippen LogP contribution in [0.2, 0.25) is 0 Å². The van der Waals surface area contributed by atoms with Crippen LogP contribution in [0.1, 0.15) is 12.5 Å². The molecular weight excluding hydrogens is 199 g/mol. The number of rotatable bonds is 1. The van der Waals surface area contributed by atoms with Crippen LogP contribution in [0.25, 0.3) is 0 Å². The summed E-state index contributed by atoms with van der Waals surface area (Å²) < 4.78 is 13.5. The van der Waals surface area contributed by atoms with Gasteiger partial charge in [0, 0.05) is 11.3 Å². The van der Waals surface area contributed by atoms with Gasteiger partial charge in [0.15, 0.2) is 0 Å². The molecule has 1 fully saturated rings. The van der Waals surface area contributed by atoms with E-state index in [1.165, 1.54) is 6.07 Å². The summed E-state index contributed by atoms with van der Waals surface area (Å²) in [6.45, 7) is 1.96. The van der Waals surface area contributed by atoms with Crippen LogP contribution in [-0.4, -0.2) is 16.6 Å². The number of aliphatic hydroxyl groups is 1. The molecule has 1 aliphatic rings. The Morgan fingerprint density at radius 1 is 1.50 bits per heavy atom. The van der Waals surface area contributed by atoms with Crippen LogP contribution >= 0.6 is 11.8 Å². The fourth-order valence-electron chi connectivity index (χ4n) is 1.83. The van der Waals surface area contributed by atoms with Gasteiger partial charge in [0.05, 0.1) is 0 Å². The van der Waals surface area contributed by atoms with Gasteiger partial charge >= 0.3 is 0 Å². The van der Waals surface area contributed by atoms with E-state index in [0.717, 1.165) is 5.75 Å². The predicted molar refractivity (Wildman–Crippen MR) is 56.8 cm³/mol. The molecule has 2 rings (SSSR count). The van der Waals surface area contributed by atoms with Crippen LogP contribution in [0.4, 0.5) is 4.39 Å². The van der Waals surface area contributed by atoms with Crippen molar-refractivity contribution in [1.29, 1.82) is 0 Å². The van der Waals surface area contributed by atoms with E-state index >= 15 is 0 Å². The molecule has 0 spiro atoms. The zero-order valence-corrected chi connectivity index (χ0v) is 8.85. The number of thioether (sulfide) groups is 1. The molecule has 0 bridgehead atoms. The summed E-state index contributed by atoms with van der Waals surface area (Å²) in [5, 5.41) is 10.4. The number of hydrogen-bond donors (Lipinski definition) is 1. The highest BCUT2D eigenvalue weighted by Crippen LogP contribution is 2.41. The average molecular weight is 212 g/mol. The van der Waals surface area contributed by atoms with Gasteiger partial charge in [-0.3, -0.25) is 0 Å². The molecule has 1 N–H and O–H groups in total. The molecule has 0 radical (unpaired) electrons. The van der Waals surface area contributed by atoms with Gasteiger partial charge in [-0.1, -0.05) is 25.1 Å². The van der Waals surface area contributed by atoms with E-state index in [1.54, 1.807) is 30.0 Å².